The summed E-state index contributed by atoms with van der Waals surface area (Å²) in [5, 5.41) is 8.45. The molecule has 0 saturated heterocycles. The summed E-state index contributed by atoms with van der Waals surface area (Å²) in [5.74, 6) is 2.42. The fourth-order valence-corrected chi connectivity index (χ4v) is 4.84. The van der Waals surface area contributed by atoms with Gasteiger partial charge in [0.05, 0.1) is 23.2 Å². The van der Waals surface area contributed by atoms with Crippen molar-refractivity contribution in [2.75, 3.05) is 13.2 Å². The van der Waals surface area contributed by atoms with Crippen LogP contribution in [0.15, 0.2) is 48.7 Å². The summed E-state index contributed by atoms with van der Waals surface area (Å²) in [7, 11) is 0. The minimum absolute atomic E-state index is 0.160. The fourth-order valence-electron chi connectivity index (χ4n) is 4.84. The van der Waals surface area contributed by atoms with Gasteiger partial charge in [0.25, 0.3) is 5.91 Å². The molecule has 0 radical (unpaired) electrons. The number of aromatic nitrogens is 4. The molecule has 8 nitrogen and oxygen atoms in total. The van der Waals surface area contributed by atoms with Gasteiger partial charge < -0.3 is 14.8 Å². The Morgan fingerprint density at radius 3 is 2.86 bits per heavy atom. The Labute approximate surface area is 209 Å². The number of nitrogens with zero attached hydrogens (tertiary/aromatic N) is 4. The second kappa shape index (κ2) is 8.62. The SMILES string of the molecule is Cc1nn(-c2ccccn2)c2nc(C3CC3)cc(C(=O)NCCOc3cccc4c3OC(C)(C)C4)c12. The normalized spacial score (nSPS) is 16.0. The lowest BCUT2D eigenvalue weighted by atomic mass is 10.0. The summed E-state index contributed by atoms with van der Waals surface area (Å²) in [6.45, 7) is 6.74. The fraction of sp³-hybridized carbons (Fsp3) is 0.357. The molecule has 1 fully saturated rings. The Morgan fingerprint density at radius 1 is 1.22 bits per heavy atom. The molecule has 1 N–H and O–H groups in total. The van der Waals surface area contributed by atoms with Gasteiger partial charge in [-0.2, -0.15) is 9.78 Å². The molecule has 2 aliphatic rings. The molecule has 4 heterocycles. The molecule has 1 saturated carbocycles. The summed E-state index contributed by atoms with van der Waals surface area (Å²) in [5.41, 5.74) is 3.84. The van der Waals surface area contributed by atoms with Gasteiger partial charge >= 0.3 is 0 Å². The van der Waals surface area contributed by atoms with Crippen LogP contribution in [0.3, 0.4) is 0 Å². The van der Waals surface area contributed by atoms with Crippen LogP contribution in [0.2, 0.25) is 0 Å². The van der Waals surface area contributed by atoms with Gasteiger partial charge in [-0.3, -0.25) is 4.79 Å². The van der Waals surface area contributed by atoms with E-state index >= 15 is 0 Å². The van der Waals surface area contributed by atoms with Gasteiger partial charge in [-0.25, -0.2) is 9.97 Å². The standard InChI is InChI=1S/C28H29N5O3/c1-17-24-20(15-21(18-10-11-18)31-26(24)33(32-17)23-9-4-5-12-29-23)27(34)30-13-14-35-22-8-6-7-19-16-28(2,3)36-25(19)22/h4-9,12,15,18H,10-11,13-14,16H2,1-3H3,(H,30,34). The van der Waals surface area contributed by atoms with E-state index in [1.807, 2.05) is 43.3 Å². The summed E-state index contributed by atoms with van der Waals surface area (Å²) in [4.78, 5) is 22.7. The van der Waals surface area contributed by atoms with Crippen LogP contribution >= 0.6 is 0 Å². The predicted octanol–water partition coefficient (Wildman–Crippen LogP) is 4.52. The minimum Gasteiger partial charge on any atom is -0.488 e. The number of fused-ring (bicyclic) bond motifs is 2. The highest BCUT2D eigenvalue weighted by Crippen LogP contribution is 2.42. The molecule has 8 heteroatoms. The highest BCUT2D eigenvalue weighted by molar-refractivity contribution is 6.06. The van der Waals surface area contributed by atoms with E-state index in [0.29, 0.717) is 41.8 Å². The number of carbonyl (C=O) groups excluding carboxylic acids is 1. The molecule has 1 aromatic carbocycles. The van der Waals surface area contributed by atoms with Crippen LogP contribution in [0, 0.1) is 6.92 Å². The minimum atomic E-state index is -0.237. The number of hydrogen-bond acceptors (Lipinski definition) is 6. The van der Waals surface area contributed by atoms with Crippen LogP contribution in [0.25, 0.3) is 16.9 Å². The molecule has 4 aromatic rings. The van der Waals surface area contributed by atoms with Crippen molar-refractivity contribution in [3.63, 3.8) is 0 Å². The van der Waals surface area contributed by atoms with E-state index in [9.17, 15) is 4.79 Å². The van der Waals surface area contributed by atoms with Crippen LogP contribution < -0.4 is 14.8 Å². The average molecular weight is 484 g/mol. The van der Waals surface area contributed by atoms with E-state index in [4.69, 9.17) is 14.5 Å². The molecule has 36 heavy (non-hydrogen) atoms. The van der Waals surface area contributed by atoms with Gasteiger partial charge in [0.2, 0.25) is 0 Å². The molecule has 0 bridgehead atoms. The molecule has 1 amide bonds. The molecule has 0 unspecified atom stereocenters. The highest BCUT2D eigenvalue weighted by atomic mass is 16.5. The molecular weight excluding hydrogens is 454 g/mol. The number of aryl methyl sites for hydroxylation is 1. The zero-order valence-electron chi connectivity index (χ0n) is 20.7. The zero-order chi connectivity index (χ0) is 24.9. The third-order valence-corrected chi connectivity index (χ3v) is 6.64. The Morgan fingerprint density at radius 2 is 2.08 bits per heavy atom. The summed E-state index contributed by atoms with van der Waals surface area (Å²) in [6, 6.07) is 13.5. The molecular formula is C28H29N5O3. The third-order valence-electron chi connectivity index (χ3n) is 6.64. The Hall–Kier alpha value is -3.94. The maximum absolute atomic E-state index is 13.4. The van der Waals surface area contributed by atoms with Crippen molar-refractivity contribution in [2.24, 2.45) is 0 Å². The summed E-state index contributed by atoms with van der Waals surface area (Å²) < 4.78 is 13.8. The largest absolute Gasteiger partial charge is 0.488 e. The number of pyridine rings is 2. The van der Waals surface area contributed by atoms with Crippen molar-refractivity contribution in [2.45, 2.75) is 51.6 Å². The maximum Gasteiger partial charge on any atom is 0.252 e. The Balaban J connectivity index is 1.22. The van der Waals surface area contributed by atoms with Crippen molar-refractivity contribution in [1.29, 1.82) is 0 Å². The van der Waals surface area contributed by atoms with E-state index in [2.05, 4.69) is 35.3 Å². The number of para-hydroxylation sites is 1. The molecule has 6 rings (SSSR count). The van der Waals surface area contributed by atoms with Crippen molar-refractivity contribution >= 4 is 16.9 Å². The molecule has 1 aliphatic heterocycles. The van der Waals surface area contributed by atoms with E-state index in [-0.39, 0.29) is 11.5 Å². The van der Waals surface area contributed by atoms with Gasteiger partial charge in [-0.15, -0.1) is 0 Å². The maximum atomic E-state index is 13.4. The van der Waals surface area contributed by atoms with Crippen LogP contribution in [0.1, 0.15) is 59.9 Å². The Kier molecular flexibility index (Phi) is 5.39. The number of ether oxygens (including phenoxy) is 2. The van der Waals surface area contributed by atoms with Gasteiger partial charge in [-0.05, 0) is 57.9 Å². The van der Waals surface area contributed by atoms with Gasteiger partial charge in [0, 0.05) is 29.8 Å². The molecule has 3 aromatic heterocycles. The molecule has 184 valence electrons. The van der Waals surface area contributed by atoms with Crippen LogP contribution in [-0.4, -0.2) is 44.4 Å². The smallest absolute Gasteiger partial charge is 0.252 e. The number of amides is 1. The first-order chi connectivity index (χ1) is 17.4. The lowest BCUT2D eigenvalue weighted by Gasteiger charge is -2.18. The quantitative estimate of drug-likeness (QED) is 0.389. The number of hydrogen-bond donors (Lipinski definition) is 1. The first kappa shape index (κ1) is 22.5. The first-order valence-corrected chi connectivity index (χ1v) is 12.4. The monoisotopic (exact) mass is 483 g/mol. The zero-order valence-corrected chi connectivity index (χ0v) is 20.7. The van der Waals surface area contributed by atoms with Crippen LogP contribution in [-0.2, 0) is 6.42 Å². The van der Waals surface area contributed by atoms with Gasteiger partial charge in [0.15, 0.2) is 23.0 Å². The van der Waals surface area contributed by atoms with Crippen molar-refractivity contribution < 1.29 is 14.3 Å². The highest BCUT2D eigenvalue weighted by Gasteiger charge is 2.32. The number of nitrogens with one attached hydrogen (secondary N) is 1. The lowest BCUT2D eigenvalue weighted by Crippen LogP contribution is -2.28. The second-order valence-corrected chi connectivity index (χ2v) is 10.1. The van der Waals surface area contributed by atoms with Crippen molar-refractivity contribution in [1.82, 2.24) is 25.1 Å². The Bertz CT molecular complexity index is 1460. The first-order valence-electron chi connectivity index (χ1n) is 12.4. The third kappa shape index (κ3) is 4.17. The topological polar surface area (TPSA) is 91.2 Å². The average Bonchev–Trinajstić information content (AvgIpc) is 3.59. The number of carbonyl (C=O) groups is 1. The van der Waals surface area contributed by atoms with E-state index < -0.39 is 0 Å². The lowest BCUT2D eigenvalue weighted by molar-refractivity contribution is 0.0947. The summed E-state index contributed by atoms with van der Waals surface area (Å²) in [6.07, 6.45) is 4.75. The van der Waals surface area contributed by atoms with Crippen molar-refractivity contribution in [3.05, 3.63) is 71.2 Å². The summed E-state index contributed by atoms with van der Waals surface area (Å²) >= 11 is 0. The second-order valence-electron chi connectivity index (χ2n) is 10.1. The van der Waals surface area contributed by atoms with Crippen LogP contribution in [0.5, 0.6) is 11.5 Å². The van der Waals surface area contributed by atoms with Gasteiger partial charge in [-0.1, -0.05) is 18.2 Å². The molecule has 1 aliphatic carbocycles. The number of benzene rings is 1. The molecule has 0 spiro atoms. The van der Waals surface area contributed by atoms with Crippen molar-refractivity contribution in [3.8, 4) is 17.3 Å². The molecule has 0 atom stereocenters. The van der Waals surface area contributed by atoms with Crippen LogP contribution in [0.4, 0.5) is 0 Å². The number of rotatable bonds is 7. The van der Waals surface area contributed by atoms with E-state index in [0.717, 1.165) is 47.3 Å². The predicted molar refractivity (Wildman–Crippen MR) is 136 cm³/mol. The van der Waals surface area contributed by atoms with Gasteiger partial charge in [0.1, 0.15) is 12.2 Å². The van der Waals surface area contributed by atoms with E-state index in [1.165, 1.54) is 0 Å². The van der Waals surface area contributed by atoms with E-state index in [1.54, 1.807) is 10.9 Å².